The van der Waals surface area contributed by atoms with Crippen LogP contribution in [0.5, 0.6) is 11.5 Å². The van der Waals surface area contributed by atoms with Gasteiger partial charge in [0.2, 0.25) is 5.95 Å². The van der Waals surface area contributed by atoms with Crippen molar-refractivity contribution in [3.63, 3.8) is 0 Å². The van der Waals surface area contributed by atoms with Crippen LogP contribution in [-0.2, 0) is 0 Å². The Morgan fingerprint density at radius 1 is 1.26 bits per heavy atom. The third kappa shape index (κ3) is 3.18. The van der Waals surface area contributed by atoms with Crippen LogP contribution in [0.25, 0.3) is 11.3 Å². The highest BCUT2D eigenvalue weighted by Gasteiger charge is 2.22. The van der Waals surface area contributed by atoms with Crippen molar-refractivity contribution >= 4 is 43.6 Å². The fraction of sp³-hybridized carbons (Fsp3) is 0.214. The quantitative estimate of drug-likeness (QED) is 0.745. The minimum absolute atomic E-state index is 0.0193. The minimum atomic E-state index is -0.0209. The molecule has 0 saturated heterocycles. The van der Waals surface area contributed by atoms with E-state index in [4.69, 9.17) is 20.9 Å². The van der Waals surface area contributed by atoms with E-state index < -0.39 is 0 Å². The zero-order valence-electron chi connectivity index (χ0n) is 12.4. The molecule has 7 nitrogen and oxygen atoms in total. The van der Waals surface area contributed by atoms with Gasteiger partial charge in [0, 0.05) is 10.0 Å². The predicted molar refractivity (Wildman–Crippen MR) is 94.1 cm³/mol. The first-order valence-corrected chi connectivity index (χ1v) is 8.05. The summed E-state index contributed by atoms with van der Waals surface area (Å²) in [6.07, 6.45) is 0. The van der Waals surface area contributed by atoms with E-state index >= 15 is 0 Å². The molecule has 0 bridgehead atoms. The summed E-state index contributed by atoms with van der Waals surface area (Å²) in [4.78, 5) is 7.96. The lowest BCUT2D eigenvalue weighted by atomic mass is 10.1. The number of methoxy groups -OCH3 is 1. The number of hydrogen-bond acceptors (Lipinski definition) is 7. The fourth-order valence-electron chi connectivity index (χ4n) is 1.99. The maximum absolute atomic E-state index is 9.34. The van der Waals surface area contributed by atoms with Crippen molar-refractivity contribution < 1.29 is 9.47 Å². The number of halogens is 2. The van der Waals surface area contributed by atoms with Crippen molar-refractivity contribution in [2.24, 2.45) is 0 Å². The standard InChI is InChI=1S/C14H13Br2N5O2/c1-3-23-12-8(22-2)4-6(9(15)10(12)16)11-7(5-17)13(18)21-14(19)20-11/h4H,3H2,1-2H3,(H4,18,19,20,21). The van der Waals surface area contributed by atoms with Crippen LogP contribution in [0.4, 0.5) is 11.8 Å². The molecular formula is C14H13Br2N5O2. The summed E-state index contributed by atoms with van der Waals surface area (Å²) in [6, 6.07) is 3.70. The predicted octanol–water partition coefficient (Wildman–Crippen LogP) is 3.11. The number of nitriles is 1. The van der Waals surface area contributed by atoms with Gasteiger partial charge in [-0.3, -0.25) is 0 Å². The lowest BCUT2D eigenvalue weighted by Gasteiger charge is -2.16. The van der Waals surface area contributed by atoms with Gasteiger partial charge in [0.25, 0.3) is 0 Å². The number of aromatic nitrogens is 2. The van der Waals surface area contributed by atoms with Crippen LogP contribution in [0, 0.1) is 11.3 Å². The first-order valence-electron chi connectivity index (χ1n) is 6.46. The average molecular weight is 443 g/mol. The van der Waals surface area contributed by atoms with Crippen LogP contribution in [0.2, 0.25) is 0 Å². The van der Waals surface area contributed by atoms with Crippen LogP contribution in [0.3, 0.4) is 0 Å². The van der Waals surface area contributed by atoms with Gasteiger partial charge in [-0.25, -0.2) is 4.98 Å². The molecule has 1 heterocycles. The number of nitrogens with two attached hydrogens (primary N) is 2. The monoisotopic (exact) mass is 441 g/mol. The van der Waals surface area contributed by atoms with Gasteiger partial charge in [-0.05, 0) is 44.8 Å². The normalized spacial score (nSPS) is 10.2. The van der Waals surface area contributed by atoms with E-state index in [9.17, 15) is 5.26 Å². The van der Waals surface area contributed by atoms with E-state index in [1.165, 1.54) is 7.11 Å². The molecule has 0 amide bonds. The van der Waals surface area contributed by atoms with Gasteiger partial charge >= 0.3 is 0 Å². The molecule has 0 aliphatic carbocycles. The lowest BCUT2D eigenvalue weighted by Crippen LogP contribution is -2.06. The van der Waals surface area contributed by atoms with Crippen LogP contribution < -0.4 is 20.9 Å². The van der Waals surface area contributed by atoms with Crippen molar-refractivity contribution in [1.29, 1.82) is 5.26 Å². The van der Waals surface area contributed by atoms with E-state index in [-0.39, 0.29) is 17.3 Å². The zero-order chi connectivity index (χ0) is 17.1. The summed E-state index contributed by atoms with van der Waals surface area (Å²) in [5, 5.41) is 9.34. The lowest BCUT2D eigenvalue weighted by molar-refractivity contribution is 0.309. The first-order chi connectivity index (χ1) is 10.9. The van der Waals surface area contributed by atoms with Gasteiger partial charge in [0.05, 0.1) is 23.9 Å². The van der Waals surface area contributed by atoms with Crippen molar-refractivity contribution in [1.82, 2.24) is 9.97 Å². The smallest absolute Gasteiger partial charge is 0.222 e. The second-order valence-corrected chi connectivity index (χ2v) is 5.90. The summed E-state index contributed by atoms with van der Waals surface area (Å²) in [5.41, 5.74) is 12.5. The van der Waals surface area contributed by atoms with Gasteiger partial charge in [0.15, 0.2) is 11.5 Å². The number of ether oxygens (including phenoxy) is 2. The molecule has 2 rings (SSSR count). The van der Waals surface area contributed by atoms with Crippen molar-refractivity contribution in [2.75, 3.05) is 25.2 Å². The SMILES string of the molecule is CCOc1c(OC)cc(-c2nc(N)nc(N)c2C#N)c(Br)c1Br. The van der Waals surface area contributed by atoms with Gasteiger partial charge in [-0.2, -0.15) is 10.2 Å². The Kier molecular flexibility index (Phi) is 5.28. The summed E-state index contributed by atoms with van der Waals surface area (Å²) in [7, 11) is 1.52. The molecule has 0 spiro atoms. The highest BCUT2D eigenvalue weighted by atomic mass is 79.9. The second-order valence-electron chi connectivity index (χ2n) is 4.32. The minimum Gasteiger partial charge on any atom is -0.493 e. The summed E-state index contributed by atoms with van der Waals surface area (Å²) < 4.78 is 12.2. The van der Waals surface area contributed by atoms with Crippen LogP contribution >= 0.6 is 31.9 Å². The Bertz CT molecular complexity index is 805. The van der Waals surface area contributed by atoms with Crippen molar-refractivity contribution in [2.45, 2.75) is 6.92 Å². The van der Waals surface area contributed by atoms with Gasteiger partial charge in [-0.1, -0.05) is 0 Å². The number of rotatable bonds is 4. The zero-order valence-corrected chi connectivity index (χ0v) is 15.5. The molecule has 1 aromatic heterocycles. The summed E-state index contributed by atoms with van der Waals surface area (Å²) >= 11 is 6.94. The Hall–Kier alpha value is -2.05. The summed E-state index contributed by atoms with van der Waals surface area (Å²) in [6.45, 7) is 2.34. The average Bonchev–Trinajstić information content (AvgIpc) is 2.51. The highest BCUT2D eigenvalue weighted by Crippen LogP contribution is 2.46. The van der Waals surface area contributed by atoms with Crippen molar-refractivity contribution in [3.05, 3.63) is 20.6 Å². The second kappa shape index (κ2) is 7.02. The number of nitrogens with zero attached hydrogens (tertiary/aromatic N) is 3. The number of benzene rings is 1. The molecule has 0 atom stereocenters. The van der Waals surface area contributed by atoms with E-state index in [2.05, 4.69) is 41.8 Å². The largest absolute Gasteiger partial charge is 0.493 e. The molecule has 120 valence electrons. The molecule has 1 aromatic carbocycles. The van der Waals surface area contributed by atoms with E-state index in [0.29, 0.717) is 38.3 Å². The van der Waals surface area contributed by atoms with Gasteiger partial charge in [-0.15, -0.1) is 0 Å². The third-order valence-electron chi connectivity index (χ3n) is 2.96. The highest BCUT2D eigenvalue weighted by molar-refractivity contribution is 9.13. The molecule has 4 N–H and O–H groups in total. The molecule has 0 saturated carbocycles. The molecule has 2 aromatic rings. The van der Waals surface area contributed by atoms with Gasteiger partial charge in [0.1, 0.15) is 17.5 Å². The Balaban J connectivity index is 2.80. The number of hydrogen-bond donors (Lipinski definition) is 2. The van der Waals surface area contributed by atoms with Crippen molar-refractivity contribution in [3.8, 4) is 28.8 Å². The number of anilines is 2. The van der Waals surface area contributed by atoms with Crippen LogP contribution in [0.15, 0.2) is 15.0 Å². The maximum atomic E-state index is 9.34. The topological polar surface area (TPSA) is 120 Å². The van der Waals surface area contributed by atoms with E-state index in [1.807, 2.05) is 13.0 Å². The van der Waals surface area contributed by atoms with Gasteiger partial charge < -0.3 is 20.9 Å². The molecule has 0 radical (unpaired) electrons. The molecular weight excluding hydrogens is 430 g/mol. The molecule has 23 heavy (non-hydrogen) atoms. The first kappa shape index (κ1) is 17.3. The molecule has 0 aliphatic rings. The van der Waals surface area contributed by atoms with Crippen LogP contribution in [-0.4, -0.2) is 23.7 Å². The fourth-order valence-corrected chi connectivity index (χ4v) is 3.00. The van der Waals surface area contributed by atoms with Crippen LogP contribution in [0.1, 0.15) is 12.5 Å². The Morgan fingerprint density at radius 3 is 2.52 bits per heavy atom. The molecule has 0 aliphatic heterocycles. The maximum Gasteiger partial charge on any atom is 0.222 e. The third-order valence-corrected chi connectivity index (χ3v) is 5.07. The molecule has 0 fully saturated rings. The number of nitrogen functional groups attached to an aromatic ring is 2. The Morgan fingerprint density at radius 2 is 1.96 bits per heavy atom. The van der Waals surface area contributed by atoms with E-state index in [0.717, 1.165) is 0 Å². The Labute approximate surface area is 149 Å². The summed E-state index contributed by atoms with van der Waals surface area (Å²) in [5.74, 6) is 1.02. The van der Waals surface area contributed by atoms with E-state index in [1.54, 1.807) is 6.07 Å². The molecule has 9 heteroatoms. The molecule has 0 unspecified atom stereocenters.